The zero-order valence-corrected chi connectivity index (χ0v) is 13.4. The Balaban J connectivity index is 1.91. The first-order valence-electron chi connectivity index (χ1n) is 7.87. The minimum atomic E-state index is -0.220. The summed E-state index contributed by atoms with van der Waals surface area (Å²) in [6, 6.07) is 15.5. The topological polar surface area (TPSA) is 41.1 Å². The number of rotatable bonds is 1. The van der Waals surface area contributed by atoms with E-state index in [4.69, 9.17) is 11.6 Å². The van der Waals surface area contributed by atoms with Crippen LogP contribution in [0.3, 0.4) is 0 Å². The molecule has 2 aliphatic rings. The normalized spacial score (nSPS) is 20.0. The summed E-state index contributed by atoms with van der Waals surface area (Å²) in [5.41, 5.74) is 4.77. The van der Waals surface area contributed by atoms with Crippen molar-refractivity contribution in [3.05, 3.63) is 70.4 Å². The molecule has 4 rings (SSSR count). The van der Waals surface area contributed by atoms with E-state index in [1.165, 1.54) is 0 Å². The first-order valence-corrected chi connectivity index (χ1v) is 8.25. The van der Waals surface area contributed by atoms with Crippen LogP contribution in [0, 0.1) is 0 Å². The maximum atomic E-state index is 12.6. The molecule has 1 aliphatic carbocycles. The van der Waals surface area contributed by atoms with E-state index in [-0.39, 0.29) is 11.8 Å². The van der Waals surface area contributed by atoms with Crippen molar-refractivity contribution in [1.29, 1.82) is 0 Å². The van der Waals surface area contributed by atoms with E-state index in [0.29, 0.717) is 11.4 Å². The van der Waals surface area contributed by atoms with E-state index >= 15 is 0 Å². The maximum Gasteiger partial charge on any atom is 0.163 e. The molecule has 0 amide bonds. The monoisotopic (exact) mass is 324 g/mol. The van der Waals surface area contributed by atoms with Crippen LogP contribution < -0.4 is 10.6 Å². The molecule has 0 bridgehead atoms. The molecule has 0 radical (unpaired) electrons. The minimum Gasteiger partial charge on any atom is -0.372 e. The Morgan fingerprint density at radius 1 is 0.957 bits per heavy atom. The smallest absolute Gasteiger partial charge is 0.163 e. The molecule has 1 heterocycles. The Bertz CT molecular complexity index is 813. The van der Waals surface area contributed by atoms with Crippen LogP contribution in [0.5, 0.6) is 0 Å². The van der Waals surface area contributed by atoms with E-state index < -0.39 is 0 Å². The van der Waals surface area contributed by atoms with Gasteiger partial charge in [-0.05, 0) is 36.6 Å². The van der Waals surface area contributed by atoms with Gasteiger partial charge in [-0.15, -0.1) is 0 Å². The van der Waals surface area contributed by atoms with Crippen LogP contribution in [0.1, 0.15) is 30.9 Å². The molecule has 0 aromatic heterocycles. The Hall–Kier alpha value is -2.26. The van der Waals surface area contributed by atoms with E-state index in [0.717, 1.165) is 41.1 Å². The number of halogens is 1. The highest BCUT2D eigenvalue weighted by molar-refractivity contribution is 6.31. The molecule has 0 saturated carbocycles. The molecule has 4 heteroatoms. The number of carbonyl (C=O) groups is 1. The second kappa shape index (κ2) is 5.74. The number of benzene rings is 2. The third kappa shape index (κ3) is 2.51. The van der Waals surface area contributed by atoms with Crippen molar-refractivity contribution in [3.8, 4) is 0 Å². The second-order valence-corrected chi connectivity index (χ2v) is 6.35. The van der Waals surface area contributed by atoms with E-state index in [1.807, 2.05) is 48.5 Å². The molecule has 2 N–H and O–H groups in total. The highest BCUT2D eigenvalue weighted by Crippen LogP contribution is 2.41. The first kappa shape index (κ1) is 14.3. The second-order valence-electron chi connectivity index (χ2n) is 5.94. The van der Waals surface area contributed by atoms with Gasteiger partial charge in [-0.25, -0.2) is 0 Å². The predicted octanol–water partition coefficient (Wildman–Crippen LogP) is 4.93. The van der Waals surface area contributed by atoms with Gasteiger partial charge >= 0.3 is 0 Å². The first-order chi connectivity index (χ1) is 11.2. The zero-order valence-electron chi connectivity index (χ0n) is 12.6. The predicted molar refractivity (Wildman–Crippen MR) is 93.8 cm³/mol. The van der Waals surface area contributed by atoms with Gasteiger partial charge in [-0.1, -0.05) is 41.9 Å². The van der Waals surface area contributed by atoms with Crippen LogP contribution in [0.2, 0.25) is 5.02 Å². The van der Waals surface area contributed by atoms with Crippen molar-refractivity contribution in [2.24, 2.45) is 0 Å². The lowest BCUT2D eigenvalue weighted by Gasteiger charge is -2.26. The minimum absolute atomic E-state index is 0.198. The quantitative estimate of drug-likeness (QED) is 0.781. The van der Waals surface area contributed by atoms with Crippen LogP contribution >= 0.6 is 11.6 Å². The molecule has 1 aliphatic heterocycles. The van der Waals surface area contributed by atoms with Gasteiger partial charge in [-0.3, -0.25) is 4.79 Å². The van der Waals surface area contributed by atoms with Gasteiger partial charge in [0.05, 0.1) is 17.4 Å². The lowest BCUT2D eigenvalue weighted by atomic mass is 9.86. The van der Waals surface area contributed by atoms with Crippen molar-refractivity contribution in [1.82, 2.24) is 0 Å². The molecular weight excluding hydrogens is 308 g/mol. The van der Waals surface area contributed by atoms with Crippen LogP contribution in [0.4, 0.5) is 11.4 Å². The molecule has 0 saturated heterocycles. The zero-order chi connectivity index (χ0) is 15.8. The van der Waals surface area contributed by atoms with Gasteiger partial charge < -0.3 is 10.6 Å². The van der Waals surface area contributed by atoms with Crippen LogP contribution in [0.15, 0.2) is 59.8 Å². The van der Waals surface area contributed by atoms with Gasteiger partial charge in [-0.2, -0.15) is 0 Å². The Morgan fingerprint density at radius 2 is 1.70 bits per heavy atom. The van der Waals surface area contributed by atoms with E-state index in [9.17, 15) is 4.79 Å². The van der Waals surface area contributed by atoms with Crippen LogP contribution in [0.25, 0.3) is 0 Å². The summed E-state index contributed by atoms with van der Waals surface area (Å²) in [5, 5.41) is 7.66. The lowest BCUT2D eigenvalue weighted by Crippen LogP contribution is -2.23. The third-order valence-electron chi connectivity index (χ3n) is 4.47. The standard InChI is InChI=1S/C19H17ClN2O/c20-13-7-2-1-6-12(13)19-18-16(10-5-11-17(18)23)21-14-8-3-4-9-15(14)22-19/h1-4,6-9,19,21-22H,5,10-11H2/t19-/m1/s1. The van der Waals surface area contributed by atoms with Crippen LogP contribution in [-0.2, 0) is 4.79 Å². The van der Waals surface area contributed by atoms with Gasteiger partial charge in [0.1, 0.15) is 0 Å². The number of allylic oxidation sites excluding steroid dienone is 1. The molecule has 0 fully saturated rings. The molecule has 2 aromatic rings. The summed E-state index contributed by atoms with van der Waals surface area (Å²) >= 11 is 6.42. The fourth-order valence-electron chi connectivity index (χ4n) is 3.38. The summed E-state index contributed by atoms with van der Waals surface area (Å²) in [6.45, 7) is 0. The molecule has 116 valence electrons. The molecule has 3 nitrogen and oxygen atoms in total. The van der Waals surface area contributed by atoms with Crippen molar-refractivity contribution in [2.45, 2.75) is 25.3 Å². The number of hydrogen-bond donors (Lipinski definition) is 2. The Morgan fingerprint density at radius 3 is 2.52 bits per heavy atom. The molecule has 23 heavy (non-hydrogen) atoms. The van der Waals surface area contributed by atoms with Gasteiger partial charge in [0.2, 0.25) is 0 Å². The lowest BCUT2D eigenvalue weighted by molar-refractivity contribution is -0.116. The van der Waals surface area contributed by atoms with Crippen molar-refractivity contribution in [3.63, 3.8) is 0 Å². The SMILES string of the molecule is O=C1CCCC2=C1[C@@H](c1ccccc1Cl)Nc1ccccc1N2. The van der Waals surface area contributed by atoms with Crippen molar-refractivity contribution in [2.75, 3.05) is 10.6 Å². The Kier molecular flexibility index (Phi) is 3.58. The summed E-state index contributed by atoms with van der Waals surface area (Å²) in [7, 11) is 0. The van der Waals surface area contributed by atoms with Crippen molar-refractivity contribution >= 4 is 28.8 Å². The average Bonchev–Trinajstić information content (AvgIpc) is 2.72. The Labute approximate surface area is 140 Å². The number of Topliss-reactive ketones (excluding diaryl/α,β-unsaturated/α-hetero) is 1. The highest BCUT2D eigenvalue weighted by Gasteiger charge is 2.32. The number of nitrogens with one attached hydrogen (secondary N) is 2. The fourth-order valence-corrected chi connectivity index (χ4v) is 3.62. The summed E-state index contributed by atoms with van der Waals surface area (Å²) in [6.07, 6.45) is 2.37. The number of hydrogen-bond acceptors (Lipinski definition) is 3. The average molecular weight is 325 g/mol. The fraction of sp³-hybridized carbons (Fsp3) is 0.211. The molecule has 1 atom stereocenters. The number of anilines is 2. The molecular formula is C19H17ClN2O. The van der Waals surface area contributed by atoms with Gasteiger partial charge in [0.25, 0.3) is 0 Å². The number of carbonyl (C=O) groups excluding carboxylic acids is 1. The maximum absolute atomic E-state index is 12.6. The third-order valence-corrected chi connectivity index (χ3v) is 4.82. The van der Waals surface area contributed by atoms with Crippen molar-refractivity contribution < 1.29 is 4.79 Å². The van der Waals surface area contributed by atoms with E-state index in [1.54, 1.807) is 0 Å². The van der Waals surface area contributed by atoms with Crippen LogP contribution in [-0.4, -0.2) is 5.78 Å². The van der Waals surface area contributed by atoms with Gasteiger partial charge in [0, 0.05) is 22.7 Å². The molecule has 0 spiro atoms. The summed E-state index contributed by atoms with van der Waals surface area (Å²) in [5.74, 6) is 0.198. The molecule has 2 aromatic carbocycles. The largest absolute Gasteiger partial charge is 0.372 e. The molecule has 0 unspecified atom stereocenters. The number of ketones is 1. The number of fused-ring (bicyclic) bond motifs is 1. The van der Waals surface area contributed by atoms with E-state index in [2.05, 4.69) is 10.6 Å². The van der Waals surface area contributed by atoms with Gasteiger partial charge in [0.15, 0.2) is 5.78 Å². The number of para-hydroxylation sites is 2. The summed E-state index contributed by atoms with van der Waals surface area (Å²) < 4.78 is 0. The highest BCUT2D eigenvalue weighted by atomic mass is 35.5. The summed E-state index contributed by atoms with van der Waals surface area (Å²) in [4.78, 5) is 12.6.